The first-order valence-corrected chi connectivity index (χ1v) is 12.7. The van der Waals surface area contributed by atoms with Crippen LogP contribution in [-0.2, 0) is 26.3 Å². The maximum Gasteiger partial charge on any atom is 0.326 e. The van der Waals surface area contributed by atoms with Crippen molar-refractivity contribution in [1.29, 1.82) is 0 Å². The summed E-state index contributed by atoms with van der Waals surface area (Å²) in [4.78, 5) is 27.0. The Morgan fingerprint density at radius 1 is 1.06 bits per heavy atom. The fourth-order valence-electron chi connectivity index (χ4n) is 4.27. The van der Waals surface area contributed by atoms with Gasteiger partial charge in [0.25, 0.3) is 0 Å². The molecule has 0 bridgehead atoms. The average molecular weight is 495 g/mol. The number of amides is 1. The lowest BCUT2D eigenvalue weighted by Gasteiger charge is -2.34. The van der Waals surface area contributed by atoms with Crippen molar-refractivity contribution >= 4 is 29.3 Å². The third kappa shape index (κ3) is 5.35. The van der Waals surface area contributed by atoms with Crippen LogP contribution in [0.4, 0.5) is 5.69 Å². The SMILES string of the molecule is CCOC(=O)CN(C(=O)CSc1nnc2n1C(C)(C)Cc1ccccc1-2)c1ccc(OCC)cc1. The molecule has 1 aromatic heterocycles. The minimum Gasteiger partial charge on any atom is -0.494 e. The Labute approximate surface area is 209 Å². The van der Waals surface area contributed by atoms with E-state index in [9.17, 15) is 9.59 Å². The Morgan fingerprint density at radius 3 is 2.51 bits per heavy atom. The summed E-state index contributed by atoms with van der Waals surface area (Å²) < 4.78 is 12.7. The second-order valence-corrected chi connectivity index (χ2v) is 9.73. The molecule has 0 radical (unpaired) electrons. The molecule has 0 spiro atoms. The average Bonchev–Trinajstić information content (AvgIpc) is 3.27. The number of nitrogens with zero attached hydrogens (tertiary/aromatic N) is 4. The van der Waals surface area contributed by atoms with Crippen molar-refractivity contribution in [3.8, 4) is 17.1 Å². The molecule has 2 heterocycles. The molecule has 184 valence electrons. The van der Waals surface area contributed by atoms with Gasteiger partial charge in [-0.2, -0.15) is 0 Å². The summed E-state index contributed by atoms with van der Waals surface area (Å²) in [5.74, 6) is 0.923. The Bertz CT molecular complexity index is 1210. The Morgan fingerprint density at radius 2 is 1.80 bits per heavy atom. The van der Waals surface area contributed by atoms with E-state index in [1.807, 2.05) is 19.1 Å². The molecule has 0 N–H and O–H groups in total. The van der Waals surface area contributed by atoms with Crippen LogP contribution in [0.5, 0.6) is 5.75 Å². The summed E-state index contributed by atoms with van der Waals surface area (Å²) in [5.41, 5.74) is 2.67. The van der Waals surface area contributed by atoms with E-state index in [0.717, 1.165) is 17.8 Å². The summed E-state index contributed by atoms with van der Waals surface area (Å²) in [7, 11) is 0. The zero-order valence-electron chi connectivity index (χ0n) is 20.5. The van der Waals surface area contributed by atoms with E-state index in [4.69, 9.17) is 9.47 Å². The van der Waals surface area contributed by atoms with Gasteiger partial charge in [-0.3, -0.25) is 14.2 Å². The van der Waals surface area contributed by atoms with Crippen molar-refractivity contribution in [1.82, 2.24) is 14.8 Å². The number of carbonyl (C=O) groups is 2. The van der Waals surface area contributed by atoms with E-state index >= 15 is 0 Å². The monoisotopic (exact) mass is 494 g/mol. The zero-order valence-corrected chi connectivity index (χ0v) is 21.3. The van der Waals surface area contributed by atoms with Crippen molar-refractivity contribution in [3.63, 3.8) is 0 Å². The summed E-state index contributed by atoms with van der Waals surface area (Å²) >= 11 is 1.32. The van der Waals surface area contributed by atoms with Crippen LogP contribution in [0.3, 0.4) is 0 Å². The molecule has 3 aromatic rings. The molecule has 0 saturated carbocycles. The number of rotatable bonds is 9. The van der Waals surface area contributed by atoms with Crippen LogP contribution in [0.1, 0.15) is 33.3 Å². The molecule has 0 fully saturated rings. The molecule has 4 rings (SSSR count). The topological polar surface area (TPSA) is 86.5 Å². The van der Waals surface area contributed by atoms with Gasteiger partial charge in [-0.15, -0.1) is 10.2 Å². The molecular weight excluding hydrogens is 464 g/mol. The summed E-state index contributed by atoms with van der Waals surface area (Å²) in [6, 6.07) is 15.3. The Balaban J connectivity index is 1.55. The van der Waals surface area contributed by atoms with Crippen molar-refractivity contribution < 1.29 is 19.1 Å². The quantitative estimate of drug-likeness (QED) is 0.323. The minimum absolute atomic E-state index is 0.0997. The number of thioether (sulfide) groups is 1. The zero-order chi connectivity index (χ0) is 25.0. The van der Waals surface area contributed by atoms with E-state index in [1.165, 1.54) is 22.2 Å². The highest BCUT2D eigenvalue weighted by Crippen LogP contribution is 2.39. The number of esters is 1. The lowest BCUT2D eigenvalue weighted by molar-refractivity contribution is -0.142. The van der Waals surface area contributed by atoms with Crippen LogP contribution in [-0.4, -0.2) is 52.2 Å². The normalized spacial score (nSPS) is 13.5. The standard InChI is InChI=1S/C26H30N4O4S/c1-5-33-20-13-11-19(12-14-20)29(16-23(32)34-6-2)22(31)17-35-25-28-27-24-21-10-8-7-9-18(21)15-26(3,4)30(24)25/h7-14H,5-6,15-17H2,1-4H3. The van der Waals surface area contributed by atoms with Gasteiger partial charge in [0.2, 0.25) is 5.91 Å². The number of fused-ring (bicyclic) bond motifs is 3. The molecule has 0 saturated heterocycles. The molecule has 1 aliphatic heterocycles. The molecule has 0 atom stereocenters. The minimum atomic E-state index is -0.461. The number of hydrogen-bond acceptors (Lipinski definition) is 7. The fraction of sp³-hybridized carbons (Fsp3) is 0.385. The predicted molar refractivity (Wildman–Crippen MR) is 136 cm³/mol. The van der Waals surface area contributed by atoms with Crippen molar-refractivity contribution in [3.05, 3.63) is 54.1 Å². The molecular formula is C26H30N4O4S. The Kier molecular flexibility index (Phi) is 7.45. The van der Waals surface area contributed by atoms with E-state index in [-0.39, 0.29) is 30.4 Å². The van der Waals surface area contributed by atoms with Gasteiger partial charge >= 0.3 is 5.97 Å². The highest BCUT2D eigenvalue weighted by Gasteiger charge is 2.34. The van der Waals surface area contributed by atoms with E-state index in [0.29, 0.717) is 23.2 Å². The summed E-state index contributed by atoms with van der Waals surface area (Å²) in [5, 5.41) is 9.55. The number of hydrogen-bond donors (Lipinski definition) is 0. The fourth-order valence-corrected chi connectivity index (χ4v) is 5.24. The van der Waals surface area contributed by atoms with Gasteiger partial charge < -0.3 is 14.4 Å². The van der Waals surface area contributed by atoms with Crippen LogP contribution in [0.2, 0.25) is 0 Å². The first kappa shape index (κ1) is 24.8. The molecule has 0 aliphatic carbocycles. The summed E-state index contributed by atoms with van der Waals surface area (Å²) in [6.07, 6.45) is 0.844. The first-order chi connectivity index (χ1) is 16.8. The van der Waals surface area contributed by atoms with Crippen molar-refractivity contribution in [2.24, 2.45) is 0 Å². The lowest BCUT2D eigenvalue weighted by Crippen LogP contribution is -2.38. The highest BCUT2D eigenvalue weighted by atomic mass is 32.2. The Hall–Kier alpha value is -3.33. The molecule has 0 unspecified atom stereocenters. The van der Waals surface area contributed by atoms with E-state index < -0.39 is 5.97 Å². The van der Waals surface area contributed by atoms with Gasteiger partial charge in [-0.05, 0) is 63.9 Å². The van der Waals surface area contributed by atoms with Gasteiger partial charge in [0.1, 0.15) is 12.3 Å². The van der Waals surface area contributed by atoms with E-state index in [2.05, 4.69) is 40.7 Å². The van der Waals surface area contributed by atoms with Crippen molar-refractivity contribution in [2.45, 2.75) is 44.8 Å². The second-order valence-electron chi connectivity index (χ2n) is 8.79. The predicted octanol–water partition coefficient (Wildman–Crippen LogP) is 4.32. The molecule has 9 heteroatoms. The molecule has 35 heavy (non-hydrogen) atoms. The second kappa shape index (κ2) is 10.5. The molecule has 8 nitrogen and oxygen atoms in total. The van der Waals surface area contributed by atoms with E-state index in [1.54, 1.807) is 31.2 Å². The van der Waals surface area contributed by atoms with Gasteiger partial charge in [0, 0.05) is 16.8 Å². The largest absolute Gasteiger partial charge is 0.494 e. The first-order valence-electron chi connectivity index (χ1n) is 11.7. The number of ether oxygens (including phenoxy) is 2. The maximum atomic E-state index is 13.3. The van der Waals surface area contributed by atoms with Crippen LogP contribution in [0.15, 0.2) is 53.7 Å². The number of anilines is 1. The third-order valence-electron chi connectivity index (χ3n) is 5.80. The smallest absolute Gasteiger partial charge is 0.326 e. The molecule has 1 aliphatic rings. The third-order valence-corrected chi connectivity index (χ3v) is 6.71. The van der Waals surface area contributed by atoms with Crippen LogP contribution in [0, 0.1) is 0 Å². The van der Waals surface area contributed by atoms with Gasteiger partial charge in [-0.25, -0.2) is 0 Å². The number of benzene rings is 2. The van der Waals surface area contributed by atoms with Crippen LogP contribution >= 0.6 is 11.8 Å². The van der Waals surface area contributed by atoms with Gasteiger partial charge in [-0.1, -0.05) is 36.0 Å². The molecule has 1 amide bonds. The van der Waals surface area contributed by atoms with Gasteiger partial charge in [0.05, 0.1) is 19.0 Å². The van der Waals surface area contributed by atoms with Gasteiger partial charge in [0.15, 0.2) is 11.0 Å². The number of carbonyl (C=O) groups excluding carboxylic acids is 2. The number of aromatic nitrogens is 3. The van der Waals surface area contributed by atoms with Crippen LogP contribution in [0.25, 0.3) is 11.4 Å². The molecule has 2 aromatic carbocycles. The maximum absolute atomic E-state index is 13.3. The summed E-state index contributed by atoms with van der Waals surface area (Å²) in [6.45, 7) is 8.57. The highest BCUT2D eigenvalue weighted by molar-refractivity contribution is 7.99. The van der Waals surface area contributed by atoms with Crippen LogP contribution < -0.4 is 9.64 Å². The van der Waals surface area contributed by atoms with Crippen molar-refractivity contribution in [2.75, 3.05) is 30.4 Å². The lowest BCUT2D eigenvalue weighted by atomic mass is 9.87.